The number of amides is 1. The van der Waals surface area contributed by atoms with Gasteiger partial charge in [0.1, 0.15) is 18.5 Å². The van der Waals surface area contributed by atoms with Gasteiger partial charge in [-0.3, -0.25) is 9.78 Å². The first-order valence-corrected chi connectivity index (χ1v) is 13.0. The summed E-state index contributed by atoms with van der Waals surface area (Å²) in [4.78, 5) is 31.3. The molecule has 2 aliphatic heterocycles. The van der Waals surface area contributed by atoms with Crippen LogP contribution in [0.4, 0.5) is 0 Å². The molecular weight excluding hydrogens is 472 g/mol. The van der Waals surface area contributed by atoms with E-state index in [0.717, 1.165) is 54.5 Å². The molecule has 0 unspecified atom stereocenters. The van der Waals surface area contributed by atoms with Crippen LogP contribution in [-0.4, -0.2) is 52.7 Å². The van der Waals surface area contributed by atoms with Gasteiger partial charge < -0.3 is 15.1 Å². The number of aromatic nitrogens is 1. The maximum absolute atomic E-state index is 13.6. The molecule has 7 nitrogen and oxygen atoms in total. The van der Waals surface area contributed by atoms with Crippen molar-refractivity contribution in [3.63, 3.8) is 0 Å². The number of nitrogens with one attached hydrogen (secondary N) is 1. The molecule has 0 spiro atoms. The normalized spacial score (nSPS) is 15.9. The number of benzene rings is 1. The van der Waals surface area contributed by atoms with Crippen molar-refractivity contribution >= 4 is 11.7 Å². The quantitative estimate of drug-likeness (QED) is 0.488. The van der Waals surface area contributed by atoms with Gasteiger partial charge in [0.2, 0.25) is 0 Å². The molecule has 1 aromatic carbocycles. The summed E-state index contributed by atoms with van der Waals surface area (Å²) >= 11 is 0. The Labute approximate surface area is 225 Å². The standard InChI is InChI=1S/C31H34N6O/c1-23(2)24(3)12-13-28(25(4)36-19-21-37(22-20-36)29-14-16-32-17-18-33-29)35-31(38)27-11-8-15-34-30(27)26-9-6-5-7-10-26/h5-13,15,17-18,23H,3,14,19-22H2,1-2,4H3/p+1. The van der Waals surface area contributed by atoms with Crippen molar-refractivity contribution < 1.29 is 4.79 Å². The number of rotatable bonds is 7. The van der Waals surface area contributed by atoms with Gasteiger partial charge in [-0.1, -0.05) is 62.4 Å². The third kappa shape index (κ3) is 6.65. The number of pyridine rings is 1. The Bertz CT molecular complexity index is 1350. The van der Waals surface area contributed by atoms with E-state index in [-0.39, 0.29) is 5.91 Å². The summed E-state index contributed by atoms with van der Waals surface area (Å²) < 4.78 is 0. The van der Waals surface area contributed by atoms with Gasteiger partial charge in [0.25, 0.3) is 12.0 Å². The number of carbonyl (C=O) groups is 1. The van der Waals surface area contributed by atoms with E-state index in [2.05, 4.69) is 63.4 Å². The van der Waals surface area contributed by atoms with Crippen LogP contribution in [0.1, 0.15) is 37.6 Å². The van der Waals surface area contributed by atoms with Crippen molar-refractivity contribution in [3.8, 4) is 17.3 Å². The first kappa shape index (κ1) is 26.6. The molecule has 2 aliphatic rings. The number of hydrogen-bond donors (Lipinski definition) is 1. The second-order valence-corrected chi connectivity index (χ2v) is 9.56. The summed E-state index contributed by atoms with van der Waals surface area (Å²) in [5.74, 6) is 1.10. The van der Waals surface area contributed by atoms with Gasteiger partial charge in [-0.25, -0.2) is 4.99 Å². The average Bonchev–Trinajstić information content (AvgIpc) is 3.25. The molecule has 0 atom stereocenters. The highest BCUT2D eigenvalue weighted by molar-refractivity contribution is 6.01. The van der Waals surface area contributed by atoms with Crippen LogP contribution < -0.4 is 5.32 Å². The number of carbonyl (C=O) groups excluding carboxylic acids is 1. The van der Waals surface area contributed by atoms with Crippen molar-refractivity contribution in [1.82, 2.24) is 20.1 Å². The van der Waals surface area contributed by atoms with Crippen LogP contribution in [0, 0.1) is 12.0 Å². The Hall–Kier alpha value is -4.44. The van der Waals surface area contributed by atoms with Crippen molar-refractivity contribution in [3.05, 3.63) is 107 Å². The zero-order valence-electron chi connectivity index (χ0n) is 22.4. The van der Waals surface area contributed by atoms with Crippen molar-refractivity contribution in [2.24, 2.45) is 10.9 Å². The molecule has 0 saturated carbocycles. The number of allylic oxidation sites excluding steroid dienone is 4. The van der Waals surface area contributed by atoms with E-state index >= 15 is 0 Å². The topological polar surface area (TPSA) is 65.2 Å². The van der Waals surface area contributed by atoms with Crippen LogP contribution in [-0.2, 0) is 0 Å². The fraction of sp³-hybridized carbons (Fsp3) is 0.290. The van der Waals surface area contributed by atoms with Gasteiger partial charge in [0.15, 0.2) is 0 Å². The third-order valence-electron chi connectivity index (χ3n) is 6.76. The molecule has 0 bridgehead atoms. The molecule has 3 heterocycles. The molecule has 4 rings (SSSR count). The van der Waals surface area contributed by atoms with Gasteiger partial charge in [0, 0.05) is 43.6 Å². The predicted molar refractivity (Wildman–Crippen MR) is 155 cm³/mol. The van der Waals surface area contributed by atoms with Gasteiger partial charge in [-0.15, -0.1) is 0 Å². The number of aliphatic imine (C=N–C) groups is 1. The minimum Gasteiger partial charge on any atom is -0.370 e. The maximum Gasteiger partial charge on any atom is 0.323 e. The Balaban J connectivity index is 1.57. The summed E-state index contributed by atoms with van der Waals surface area (Å²) in [6.45, 7) is 13.7. The fourth-order valence-corrected chi connectivity index (χ4v) is 4.27. The van der Waals surface area contributed by atoms with Crippen LogP contribution >= 0.6 is 0 Å². The van der Waals surface area contributed by atoms with Crippen LogP contribution in [0.5, 0.6) is 0 Å². The SMILES string of the molecule is C=C(C=CC(NC(=O)c1cccnc1-c1ccccc1)=C(C)N1CCN(C2=NC=C[N+]#CC2)CC1)C(C)C. The highest BCUT2D eigenvalue weighted by Crippen LogP contribution is 2.22. The Morgan fingerprint density at radius 3 is 2.61 bits per heavy atom. The molecule has 194 valence electrons. The zero-order chi connectivity index (χ0) is 26.9. The first-order chi connectivity index (χ1) is 18.4. The van der Waals surface area contributed by atoms with E-state index in [0.29, 0.717) is 23.6 Å². The summed E-state index contributed by atoms with van der Waals surface area (Å²) in [6.07, 6.45) is 9.65. The smallest absolute Gasteiger partial charge is 0.323 e. The van der Waals surface area contributed by atoms with Crippen LogP contribution in [0.25, 0.3) is 16.1 Å². The fourth-order valence-electron chi connectivity index (χ4n) is 4.27. The van der Waals surface area contributed by atoms with Crippen LogP contribution in [0.3, 0.4) is 0 Å². The Morgan fingerprint density at radius 2 is 1.87 bits per heavy atom. The summed E-state index contributed by atoms with van der Waals surface area (Å²) in [5, 5.41) is 3.18. The van der Waals surface area contributed by atoms with Crippen LogP contribution in [0.15, 0.2) is 102 Å². The lowest BCUT2D eigenvalue weighted by molar-refractivity contribution is 0.0965. The monoisotopic (exact) mass is 507 g/mol. The largest absolute Gasteiger partial charge is 0.370 e. The number of piperazine rings is 1. The lowest BCUT2D eigenvalue weighted by Gasteiger charge is -2.38. The second-order valence-electron chi connectivity index (χ2n) is 9.56. The van der Waals surface area contributed by atoms with E-state index in [1.165, 1.54) is 0 Å². The highest BCUT2D eigenvalue weighted by atomic mass is 16.1. The lowest BCUT2D eigenvalue weighted by atomic mass is 10.0. The van der Waals surface area contributed by atoms with Gasteiger partial charge in [-0.2, -0.15) is 0 Å². The average molecular weight is 508 g/mol. The molecule has 1 fully saturated rings. The van der Waals surface area contributed by atoms with E-state index in [1.807, 2.05) is 48.6 Å². The Kier molecular flexibility index (Phi) is 8.89. The van der Waals surface area contributed by atoms with Crippen LogP contribution in [0.2, 0.25) is 0 Å². The number of hydrogen-bond acceptors (Lipinski definition) is 5. The van der Waals surface area contributed by atoms with Crippen molar-refractivity contribution in [2.75, 3.05) is 26.2 Å². The molecule has 2 aromatic rings. The van der Waals surface area contributed by atoms with E-state index in [9.17, 15) is 4.79 Å². The van der Waals surface area contributed by atoms with E-state index in [1.54, 1.807) is 24.7 Å². The lowest BCUT2D eigenvalue weighted by Crippen LogP contribution is -2.48. The third-order valence-corrected chi connectivity index (χ3v) is 6.76. The predicted octanol–water partition coefficient (Wildman–Crippen LogP) is 5.70. The van der Waals surface area contributed by atoms with Gasteiger partial charge in [-0.05, 0) is 35.9 Å². The molecule has 0 radical (unpaired) electrons. The molecule has 1 saturated heterocycles. The zero-order valence-corrected chi connectivity index (χ0v) is 22.4. The molecule has 38 heavy (non-hydrogen) atoms. The molecule has 1 N–H and O–H groups in total. The molecule has 1 aromatic heterocycles. The maximum atomic E-state index is 13.6. The number of nitrogens with zero attached hydrogens (tertiary/aromatic N) is 5. The Morgan fingerprint density at radius 1 is 1.11 bits per heavy atom. The van der Waals surface area contributed by atoms with Crippen molar-refractivity contribution in [1.29, 1.82) is 0 Å². The first-order valence-electron chi connectivity index (χ1n) is 13.0. The molecular formula is C31H35N6O+. The van der Waals surface area contributed by atoms with Gasteiger partial charge >= 0.3 is 6.20 Å². The van der Waals surface area contributed by atoms with E-state index < -0.39 is 0 Å². The molecule has 1 amide bonds. The highest BCUT2D eigenvalue weighted by Gasteiger charge is 2.23. The minimum absolute atomic E-state index is 0.195. The number of amidine groups is 1. The molecule has 0 aliphatic carbocycles. The minimum atomic E-state index is -0.195. The van der Waals surface area contributed by atoms with Gasteiger partial charge in [0.05, 0.1) is 17.0 Å². The molecule has 7 heteroatoms. The van der Waals surface area contributed by atoms with E-state index in [4.69, 9.17) is 0 Å². The summed E-state index contributed by atoms with van der Waals surface area (Å²) in [5.41, 5.74) is 4.85. The van der Waals surface area contributed by atoms with Crippen molar-refractivity contribution in [2.45, 2.75) is 27.2 Å². The summed E-state index contributed by atoms with van der Waals surface area (Å²) in [7, 11) is 0. The second kappa shape index (κ2) is 12.7. The summed E-state index contributed by atoms with van der Waals surface area (Å²) in [6, 6.07) is 16.4.